The van der Waals surface area contributed by atoms with Crippen LogP contribution in [0.2, 0.25) is 0 Å². The van der Waals surface area contributed by atoms with Gasteiger partial charge in [-0.05, 0) is 13.3 Å². The van der Waals surface area contributed by atoms with Crippen LogP contribution in [0.3, 0.4) is 0 Å². The van der Waals surface area contributed by atoms with Gasteiger partial charge in [0.25, 0.3) is 0 Å². The topological polar surface area (TPSA) is 78.5 Å². The van der Waals surface area contributed by atoms with E-state index in [1.807, 2.05) is 13.8 Å². The van der Waals surface area contributed by atoms with E-state index in [-0.39, 0.29) is 36.7 Å². The normalized spacial score (nSPS) is 21.8. The number of nitrogens with zero attached hydrogens (tertiary/aromatic N) is 1. The maximum atomic E-state index is 11.9. The van der Waals surface area contributed by atoms with Crippen molar-refractivity contribution in [1.82, 2.24) is 15.5 Å². The fourth-order valence-corrected chi connectivity index (χ4v) is 1.76. The fourth-order valence-electron chi connectivity index (χ4n) is 1.76. The minimum absolute atomic E-state index is 0.0501. The van der Waals surface area contributed by atoms with Crippen LogP contribution in [0.15, 0.2) is 0 Å². The van der Waals surface area contributed by atoms with Crippen molar-refractivity contribution in [3.05, 3.63) is 0 Å². The first-order valence-electron chi connectivity index (χ1n) is 5.81. The molecule has 1 aliphatic heterocycles. The van der Waals surface area contributed by atoms with Crippen molar-refractivity contribution < 1.29 is 14.4 Å². The maximum absolute atomic E-state index is 11.9. The molecule has 6 nitrogen and oxygen atoms in total. The van der Waals surface area contributed by atoms with Crippen LogP contribution < -0.4 is 10.6 Å². The van der Waals surface area contributed by atoms with Gasteiger partial charge in [-0.15, -0.1) is 0 Å². The third-order valence-corrected chi connectivity index (χ3v) is 3.00. The minimum atomic E-state index is -0.561. The van der Waals surface area contributed by atoms with Gasteiger partial charge in [-0.2, -0.15) is 0 Å². The Bertz CT molecular complexity index is 330. The van der Waals surface area contributed by atoms with Crippen LogP contribution in [0.5, 0.6) is 0 Å². The molecular weight excluding hydrogens is 222 g/mol. The summed E-state index contributed by atoms with van der Waals surface area (Å²) in [6, 6.07) is -0.643. The first-order valence-corrected chi connectivity index (χ1v) is 5.81. The zero-order valence-corrected chi connectivity index (χ0v) is 10.4. The first-order chi connectivity index (χ1) is 8.01. The number of carbonyl (C=O) groups excluding carboxylic acids is 3. The van der Waals surface area contributed by atoms with Crippen molar-refractivity contribution in [2.24, 2.45) is 0 Å². The summed E-state index contributed by atoms with van der Waals surface area (Å²) in [4.78, 5) is 35.9. The van der Waals surface area contributed by atoms with Gasteiger partial charge in [0.15, 0.2) is 0 Å². The molecule has 6 heteroatoms. The van der Waals surface area contributed by atoms with Crippen molar-refractivity contribution in [2.45, 2.75) is 38.8 Å². The number of hydrogen-bond donors (Lipinski definition) is 2. The molecule has 1 fully saturated rings. The third-order valence-electron chi connectivity index (χ3n) is 3.00. The van der Waals surface area contributed by atoms with Crippen molar-refractivity contribution in [1.29, 1.82) is 0 Å². The van der Waals surface area contributed by atoms with Gasteiger partial charge in [0.1, 0.15) is 0 Å². The molecule has 0 aromatic rings. The van der Waals surface area contributed by atoms with E-state index in [9.17, 15) is 14.4 Å². The molecule has 1 aliphatic rings. The highest BCUT2D eigenvalue weighted by Gasteiger charge is 2.40. The Morgan fingerprint density at radius 2 is 2.18 bits per heavy atom. The second kappa shape index (κ2) is 5.77. The largest absolute Gasteiger partial charge is 0.358 e. The molecule has 96 valence electrons. The quantitative estimate of drug-likeness (QED) is 0.621. The van der Waals surface area contributed by atoms with E-state index >= 15 is 0 Å². The predicted molar refractivity (Wildman–Crippen MR) is 62.1 cm³/mol. The summed E-state index contributed by atoms with van der Waals surface area (Å²) in [5.74, 6) is -0.598. The lowest BCUT2D eigenvalue weighted by Crippen LogP contribution is -2.45. The molecule has 0 aromatic heterocycles. The summed E-state index contributed by atoms with van der Waals surface area (Å²) in [5, 5.41) is 5.25. The van der Waals surface area contributed by atoms with Gasteiger partial charge in [0.05, 0.1) is 19.0 Å². The van der Waals surface area contributed by atoms with E-state index in [2.05, 4.69) is 10.6 Å². The molecule has 0 aromatic carbocycles. The van der Waals surface area contributed by atoms with Gasteiger partial charge in [0, 0.05) is 13.1 Å². The number of imide groups is 1. The number of likely N-dealkylation sites (tertiary alicyclic amines) is 1. The van der Waals surface area contributed by atoms with Crippen molar-refractivity contribution >= 4 is 17.7 Å². The number of rotatable bonds is 5. The van der Waals surface area contributed by atoms with E-state index in [0.29, 0.717) is 0 Å². The maximum Gasteiger partial charge on any atom is 0.247 e. The first kappa shape index (κ1) is 13.6. The highest BCUT2D eigenvalue weighted by molar-refractivity contribution is 6.06. The predicted octanol–water partition coefficient (Wildman–Crippen LogP) is -0.752. The van der Waals surface area contributed by atoms with Gasteiger partial charge < -0.3 is 5.32 Å². The summed E-state index contributed by atoms with van der Waals surface area (Å²) in [5.41, 5.74) is 0. The Morgan fingerprint density at radius 1 is 1.53 bits per heavy atom. The molecule has 0 radical (unpaired) electrons. The number of amides is 3. The van der Waals surface area contributed by atoms with E-state index in [0.717, 1.165) is 6.42 Å². The van der Waals surface area contributed by atoms with Crippen molar-refractivity contribution in [2.75, 3.05) is 13.6 Å². The average Bonchev–Trinajstić information content (AvgIpc) is 2.60. The zero-order chi connectivity index (χ0) is 13.0. The number of hydrogen-bond acceptors (Lipinski definition) is 4. The molecular formula is C11H19N3O3. The highest BCUT2D eigenvalue weighted by atomic mass is 16.2. The van der Waals surface area contributed by atoms with Gasteiger partial charge in [-0.1, -0.05) is 6.92 Å². The SMILES string of the molecule is CCC(C)N1C(=O)CC(NCC(=O)NC)C1=O. The molecule has 0 bridgehead atoms. The van der Waals surface area contributed by atoms with Crippen LogP contribution in [0.1, 0.15) is 26.7 Å². The lowest BCUT2D eigenvalue weighted by molar-refractivity contribution is -0.141. The Morgan fingerprint density at radius 3 is 2.71 bits per heavy atom. The monoisotopic (exact) mass is 241 g/mol. The standard InChI is InChI=1S/C11H19N3O3/c1-4-7(2)14-10(16)5-8(11(14)17)13-6-9(15)12-3/h7-8,13H,4-6H2,1-3H3,(H,12,15). The van der Waals surface area contributed by atoms with Crippen LogP contribution in [-0.4, -0.2) is 48.3 Å². The van der Waals surface area contributed by atoms with Gasteiger partial charge >= 0.3 is 0 Å². The second-order valence-corrected chi connectivity index (χ2v) is 4.17. The smallest absolute Gasteiger partial charge is 0.247 e. The molecule has 17 heavy (non-hydrogen) atoms. The van der Waals surface area contributed by atoms with Crippen LogP contribution in [0.25, 0.3) is 0 Å². The highest BCUT2D eigenvalue weighted by Crippen LogP contribution is 2.17. The zero-order valence-electron chi connectivity index (χ0n) is 10.4. The fraction of sp³-hybridized carbons (Fsp3) is 0.727. The molecule has 2 atom stereocenters. The summed E-state index contributed by atoms with van der Waals surface area (Å²) in [7, 11) is 1.52. The number of carbonyl (C=O) groups is 3. The summed E-state index contributed by atoms with van der Waals surface area (Å²) >= 11 is 0. The molecule has 0 aliphatic carbocycles. The van der Waals surface area contributed by atoms with Crippen LogP contribution in [0.4, 0.5) is 0 Å². The molecule has 0 saturated carbocycles. The molecule has 1 saturated heterocycles. The second-order valence-electron chi connectivity index (χ2n) is 4.17. The Hall–Kier alpha value is -1.43. The van der Waals surface area contributed by atoms with Gasteiger partial charge in [-0.25, -0.2) is 0 Å². The van der Waals surface area contributed by atoms with Gasteiger partial charge in [-0.3, -0.25) is 24.6 Å². The summed E-state index contributed by atoms with van der Waals surface area (Å²) < 4.78 is 0. The number of nitrogens with one attached hydrogen (secondary N) is 2. The molecule has 1 rings (SSSR count). The van der Waals surface area contributed by atoms with E-state index in [1.165, 1.54) is 11.9 Å². The van der Waals surface area contributed by atoms with E-state index in [1.54, 1.807) is 0 Å². The van der Waals surface area contributed by atoms with Crippen molar-refractivity contribution in [3.63, 3.8) is 0 Å². The van der Waals surface area contributed by atoms with Crippen LogP contribution in [0, 0.1) is 0 Å². The van der Waals surface area contributed by atoms with Crippen LogP contribution in [-0.2, 0) is 14.4 Å². The molecule has 0 spiro atoms. The Labute approximate surface area is 101 Å². The molecule has 1 heterocycles. The Balaban J connectivity index is 2.58. The van der Waals surface area contributed by atoms with Gasteiger partial charge in [0.2, 0.25) is 17.7 Å². The lowest BCUT2D eigenvalue weighted by atomic mass is 10.2. The van der Waals surface area contributed by atoms with E-state index < -0.39 is 6.04 Å². The Kier molecular flexibility index (Phi) is 4.62. The molecule has 3 amide bonds. The minimum Gasteiger partial charge on any atom is -0.358 e. The van der Waals surface area contributed by atoms with Crippen LogP contribution >= 0.6 is 0 Å². The summed E-state index contributed by atoms with van der Waals surface area (Å²) in [6.07, 6.45) is 0.875. The van der Waals surface area contributed by atoms with E-state index in [4.69, 9.17) is 0 Å². The number of likely N-dealkylation sites (N-methyl/N-ethyl adjacent to an activating group) is 1. The van der Waals surface area contributed by atoms with Crippen molar-refractivity contribution in [3.8, 4) is 0 Å². The average molecular weight is 241 g/mol. The third kappa shape index (κ3) is 3.03. The molecule has 2 N–H and O–H groups in total. The summed E-state index contributed by atoms with van der Waals surface area (Å²) in [6.45, 7) is 3.82. The molecule has 2 unspecified atom stereocenters. The lowest BCUT2D eigenvalue weighted by Gasteiger charge is -2.21.